The third-order valence-electron chi connectivity index (χ3n) is 5.29. The van der Waals surface area contributed by atoms with E-state index in [1.165, 1.54) is 13.0 Å². The van der Waals surface area contributed by atoms with Crippen LogP contribution in [0.15, 0.2) is 49.3 Å². The van der Waals surface area contributed by atoms with Crippen molar-refractivity contribution < 1.29 is 38.8 Å². The van der Waals surface area contributed by atoms with Crippen LogP contribution >= 0.6 is 0 Å². The number of carbonyl (C=O) groups excluding carboxylic acids is 3. The van der Waals surface area contributed by atoms with Crippen molar-refractivity contribution >= 4 is 17.9 Å². The van der Waals surface area contributed by atoms with E-state index < -0.39 is 59.7 Å². The SMILES string of the molecule is C=CC1(CO)CC(OC(=O)C(=C)O)C2C(=C)C(=O)OC2C1C(=C)COC(C)=O. The van der Waals surface area contributed by atoms with Crippen molar-refractivity contribution in [3.8, 4) is 0 Å². The summed E-state index contributed by atoms with van der Waals surface area (Å²) in [5.41, 5.74) is -0.560. The van der Waals surface area contributed by atoms with Crippen molar-refractivity contribution in [1.82, 2.24) is 0 Å². The molecule has 1 saturated carbocycles. The van der Waals surface area contributed by atoms with E-state index in [9.17, 15) is 24.6 Å². The zero-order chi connectivity index (χ0) is 21.2. The molecule has 0 bridgehead atoms. The third-order valence-corrected chi connectivity index (χ3v) is 5.29. The molecule has 2 rings (SSSR count). The van der Waals surface area contributed by atoms with E-state index in [1.54, 1.807) is 0 Å². The molecule has 2 N–H and O–H groups in total. The number of esters is 3. The number of carbonyl (C=O) groups is 3. The summed E-state index contributed by atoms with van der Waals surface area (Å²) in [5.74, 6) is -4.40. The molecule has 0 aromatic carbocycles. The number of fused-ring (bicyclic) bond motifs is 1. The summed E-state index contributed by atoms with van der Waals surface area (Å²) in [4.78, 5) is 35.3. The molecule has 0 aromatic heterocycles. The van der Waals surface area contributed by atoms with E-state index in [2.05, 4.69) is 26.3 Å². The van der Waals surface area contributed by atoms with Gasteiger partial charge in [-0.25, -0.2) is 9.59 Å². The molecule has 2 fully saturated rings. The molecule has 0 radical (unpaired) electrons. The fraction of sp³-hybridized carbons (Fsp3) is 0.450. The number of aliphatic hydroxyl groups excluding tert-OH is 2. The van der Waals surface area contributed by atoms with E-state index in [0.29, 0.717) is 5.57 Å². The van der Waals surface area contributed by atoms with E-state index in [4.69, 9.17) is 14.2 Å². The maximum absolute atomic E-state index is 12.2. The first-order valence-electron chi connectivity index (χ1n) is 8.62. The van der Waals surface area contributed by atoms with Crippen molar-refractivity contribution in [2.45, 2.75) is 25.6 Å². The second-order valence-corrected chi connectivity index (χ2v) is 7.03. The molecule has 0 spiro atoms. The Kier molecular flexibility index (Phi) is 6.14. The predicted octanol–water partition coefficient (Wildman–Crippen LogP) is 1.37. The summed E-state index contributed by atoms with van der Waals surface area (Å²) in [6.45, 7) is 15.3. The number of hydrogen-bond donors (Lipinski definition) is 2. The quantitative estimate of drug-likeness (QED) is 0.219. The smallest absolute Gasteiger partial charge is 0.373 e. The zero-order valence-corrected chi connectivity index (χ0v) is 15.7. The number of rotatable bonds is 7. The largest absolute Gasteiger partial charge is 0.502 e. The van der Waals surface area contributed by atoms with Crippen LogP contribution in [0.1, 0.15) is 13.3 Å². The van der Waals surface area contributed by atoms with Crippen LogP contribution in [0.4, 0.5) is 0 Å². The first-order valence-corrected chi connectivity index (χ1v) is 8.62. The molecule has 1 aliphatic carbocycles. The molecule has 28 heavy (non-hydrogen) atoms. The van der Waals surface area contributed by atoms with Crippen LogP contribution in [-0.4, -0.2) is 53.5 Å². The minimum absolute atomic E-state index is 0.0621. The van der Waals surface area contributed by atoms with E-state index >= 15 is 0 Å². The Labute approximate surface area is 162 Å². The van der Waals surface area contributed by atoms with Crippen LogP contribution in [0.3, 0.4) is 0 Å². The molecule has 8 heteroatoms. The highest BCUT2D eigenvalue weighted by Crippen LogP contribution is 2.53. The van der Waals surface area contributed by atoms with Crippen LogP contribution in [0, 0.1) is 17.3 Å². The number of ether oxygens (including phenoxy) is 3. The monoisotopic (exact) mass is 392 g/mol. The predicted molar refractivity (Wildman–Crippen MR) is 97.8 cm³/mol. The molecule has 5 unspecified atom stereocenters. The first-order chi connectivity index (χ1) is 13.1. The van der Waals surface area contributed by atoms with Crippen molar-refractivity contribution in [3.63, 3.8) is 0 Å². The molecule has 1 heterocycles. The second kappa shape index (κ2) is 8.02. The minimum atomic E-state index is -1.08. The minimum Gasteiger partial charge on any atom is -0.502 e. The Morgan fingerprint density at radius 1 is 1.39 bits per heavy atom. The van der Waals surface area contributed by atoms with Crippen molar-refractivity contribution in [3.05, 3.63) is 49.3 Å². The summed E-state index contributed by atoms with van der Waals surface area (Å²) >= 11 is 0. The van der Waals surface area contributed by atoms with Crippen molar-refractivity contribution in [2.24, 2.45) is 17.3 Å². The number of hydrogen-bond acceptors (Lipinski definition) is 8. The van der Waals surface area contributed by atoms with E-state index in [0.717, 1.165) is 0 Å². The highest BCUT2D eigenvalue weighted by atomic mass is 16.6. The highest BCUT2D eigenvalue weighted by molar-refractivity contribution is 5.91. The Hall–Kier alpha value is -2.87. The normalized spacial score (nSPS) is 31.4. The van der Waals surface area contributed by atoms with E-state index in [-0.39, 0.29) is 18.6 Å². The molecule has 5 atom stereocenters. The molecule has 1 saturated heterocycles. The molecule has 0 aromatic rings. The lowest BCUT2D eigenvalue weighted by molar-refractivity contribution is -0.165. The van der Waals surface area contributed by atoms with Gasteiger partial charge in [0.15, 0.2) is 5.76 Å². The van der Waals surface area contributed by atoms with Crippen LogP contribution in [-0.2, 0) is 28.6 Å². The zero-order valence-electron chi connectivity index (χ0n) is 15.7. The number of aliphatic hydroxyl groups is 2. The summed E-state index contributed by atoms with van der Waals surface area (Å²) in [5, 5.41) is 19.5. The van der Waals surface area contributed by atoms with Gasteiger partial charge in [-0.15, -0.1) is 6.58 Å². The summed E-state index contributed by atoms with van der Waals surface area (Å²) in [6, 6.07) is 0. The van der Waals surface area contributed by atoms with Gasteiger partial charge in [0.05, 0.1) is 12.5 Å². The lowest BCUT2D eigenvalue weighted by atomic mass is 9.58. The summed E-state index contributed by atoms with van der Waals surface area (Å²) < 4.78 is 15.8. The lowest BCUT2D eigenvalue weighted by Gasteiger charge is -2.49. The van der Waals surface area contributed by atoms with Gasteiger partial charge in [-0.2, -0.15) is 0 Å². The van der Waals surface area contributed by atoms with Gasteiger partial charge in [0.2, 0.25) is 0 Å². The van der Waals surface area contributed by atoms with Crippen LogP contribution in [0.2, 0.25) is 0 Å². The molecule has 152 valence electrons. The Balaban J connectivity index is 2.47. The van der Waals surface area contributed by atoms with Gasteiger partial charge in [0.25, 0.3) is 0 Å². The molecule has 8 nitrogen and oxygen atoms in total. The van der Waals surface area contributed by atoms with Crippen LogP contribution in [0.25, 0.3) is 0 Å². The van der Waals surface area contributed by atoms with Crippen molar-refractivity contribution in [2.75, 3.05) is 13.2 Å². The fourth-order valence-electron chi connectivity index (χ4n) is 3.96. The van der Waals surface area contributed by atoms with Gasteiger partial charge < -0.3 is 24.4 Å². The molecular weight excluding hydrogens is 368 g/mol. The second-order valence-electron chi connectivity index (χ2n) is 7.03. The average Bonchev–Trinajstić information content (AvgIpc) is 2.93. The van der Waals surface area contributed by atoms with Crippen LogP contribution in [0.5, 0.6) is 0 Å². The van der Waals surface area contributed by atoms with E-state index in [1.807, 2.05) is 0 Å². The van der Waals surface area contributed by atoms with Crippen molar-refractivity contribution in [1.29, 1.82) is 0 Å². The summed E-state index contributed by atoms with van der Waals surface area (Å²) in [7, 11) is 0. The fourth-order valence-corrected chi connectivity index (χ4v) is 3.96. The van der Waals surface area contributed by atoms with Gasteiger partial charge in [-0.05, 0) is 18.6 Å². The topological polar surface area (TPSA) is 119 Å². The standard InChI is InChI=1S/C20H24O8/c1-6-20(9-21)7-14(27-19(25)12(4)22)15-11(3)18(24)28-17(15)16(20)10(2)8-26-13(5)23/h6,14-17,21-22H,1-4,7-9H2,5H3. The average molecular weight is 392 g/mol. The van der Waals surface area contributed by atoms with Gasteiger partial charge >= 0.3 is 17.9 Å². The Morgan fingerprint density at radius 3 is 2.54 bits per heavy atom. The van der Waals surface area contributed by atoms with Gasteiger partial charge in [0.1, 0.15) is 18.8 Å². The van der Waals surface area contributed by atoms with Gasteiger partial charge in [0, 0.05) is 23.8 Å². The maximum atomic E-state index is 12.2. The molecule has 2 aliphatic rings. The molecule has 1 aliphatic heterocycles. The Bertz CT molecular complexity index is 751. The van der Waals surface area contributed by atoms with Gasteiger partial charge in [-0.1, -0.05) is 19.2 Å². The lowest BCUT2D eigenvalue weighted by Crippen LogP contribution is -2.54. The third kappa shape index (κ3) is 3.73. The van der Waals surface area contributed by atoms with Gasteiger partial charge in [-0.3, -0.25) is 4.79 Å². The maximum Gasteiger partial charge on any atom is 0.373 e. The van der Waals surface area contributed by atoms with Crippen LogP contribution < -0.4 is 0 Å². The summed E-state index contributed by atoms with van der Waals surface area (Å²) in [6.07, 6.45) is -0.252. The Morgan fingerprint density at radius 2 is 2.04 bits per heavy atom. The molecular formula is C20H24O8. The molecule has 0 amide bonds. The first kappa shape index (κ1) is 21.4. The highest BCUT2D eigenvalue weighted by Gasteiger charge is 2.60.